The van der Waals surface area contributed by atoms with Crippen LogP contribution in [-0.4, -0.2) is 29.9 Å². The molecule has 2 aliphatic rings. The smallest absolute Gasteiger partial charge is 0.336 e. The summed E-state index contributed by atoms with van der Waals surface area (Å²) in [6.45, 7) is 4.35. The number of esters is 1. The molecule has 1 aliphatic heterocycles. The van der Waals surface area contributed by atoms with Crippen LogP contribution in [-0.2, 0) is 14.3 Å². The van der Waals surface area contributed by atoms with Gasteiger partial charge in [-0.15, -0.1) is 0 Å². The number of rotatable bonds is 7. The maximum atomic E-state index is 13.6. The molecule has 0 spiro atoms. The summed E-state index contributed by atoms with van der Waals surface area (Å²) in [6, 6.07) is 18.0. The number of carbonyl (C=O) groups is 2. The highest BCUT2D eigenvalue weighted by Gasteiger charge is 2.41. The van der Waals surface area contributed by atoms with Crippen LogP contribution >= 0.6 is 27.7 Å². The van der Waals surface area contributed by atoms with Gasteiger partial charge < -0.3 is 10.1 Å². The quantitative estimate of drug-likeness (QED) is 0.349. The van der Waals surface area contributed by atoms with Crippen LogP contribution in [0.5, 0.6) is 0 Å². The van der Waals surface area contributed by atoms with E-state index in [-0.39, 0.29) is 17.7 Å². The second kappa shape index (κ2) is 10.7. The third kappa shape index (κ3) is 5.28. The van der Waals surface area contributed by atoms with Crippen LogP contribution in [0.25, 0.3) is 0 Å². The molecule has 33 heavy (non-hydrogen) atoms. The summed E-state index contributed by atoms with van der Waals surface area (Å²) in [7, 11) is 0. The molecule has 1 aliphatic carbocycles. The molecule has 0 aromatic heterocycles. The van der Waals surface area contributed by atoms with Gasteiger partial charge in [-0.3, -0.25) is 4.79 Å². The molecule has 0 amide bonds. The number of ether oxygens (including phenoxy) is 1. The van der Waals surface area contributed by atoms with E-state index in [2.05, 4.69) is 40.3 Å². The highest BCUT2D eigenvalue weighted by Crippen LogP contribution is 2.45. The van der Waals surface area contributed by atoms with Crippen molar-refractivity contribution in [1.82, 2.24) is 5.32 Å². The van der Waals surface area contributed by atoms with Crippen LogP contribution in [0.15, 0.2) is 81.6 Å². The van der Waals surface area contributed by atoms with Crippen LogP contribution < -0.4 is 5.32 Å². The number of dihydropyridines is 1. The fourth-order valence-corrected chi connectivity index (χ4v) is 5.43. The number of allylic oxidation sites excluding steroid dienone is 3. The molecule has 0 fully saturated rings. The molecule has 2 aromatic rings. The Kier molecular flexibility index (Phi) is 7.76. The Hall–Kier alpha value is -2.31. The standard InChI is InChI=1S/C27H28BrNO3S/c1-3-33-14-13-32-27(31)24-17(2)29-22-15-20(18-7-5-4-6-8-18)16-23(30)26(22)25(24)19-9-11-21(28)12-10-19/h4-12,20,25,29H,3,13-16H2,1-2H3/t20-,25-/m0/s1. The van der Waals surface area contributed by atoms with Gasteiger partial charge in [-0.2, -0.15) is 11.8 Å². The zero-order chi connectivity index (χ0) is 23.4. The van der Waals surface area contributed by atoms with Gasteiger partial charge in [0.05, 0.1) is 5.57 Å². The molecule has 0 unspecified atom stereocenters. The van der Waals surface area contributed by atoms with E-state index in [4.69, 9.17) is 4.74 Å². The zero-order valence-electron chi connectivity index (χ0n) is 18.9. The van der Waals surface area contributed by atoms with E-state index in [1.165, 1.54) is 5.56 Å². The number of halogens is 1. The van der Waals surface area contributed by atoms with E-state index in [0.29, 0.717) is 24.2 Å². The third-order valence-corrected chi connectivity index (χ3v) is 7.58. The first-order chi connectivity index (χ1) is 16.0. The number of thioether (sulfide) groups is 1. The van der Waals surface area contributed by atoms with Gasteiger partial charge in [0.25, 0.3) is 0 Å². The van der Waals surface area contributed by atoms with Gasteiger partial charge in [-0.25, -0.2) is 4.79 Å². The molecule has 1 N–H and O–H groups in total. The van der Waals surface area contributed by atoms with Gasteiger partial charge in [-0.05, 0) is 48.3 Å². The SMILES string of the molecule is CCSCCOC(=O)C1=C(C)NC2=C(C(=O)C[C@@H](c3ccccc3)C2)[C@H]1c1ccc(Br)cc1. The van der Waals surface area contributed by atoms with Crippen molar-refractivity contribution in [2.75, 3.05) is 18.1 Å². The monoisotopic (exact) mass is 525 g/mol. The van der Waals surface area contributed by atoms with Crippen LogP contribution in [0, 0.1) is 0 Å². The summed E-state index contributed by atoms with van der Waals surface area (Å²) < 4.78 is 6.59. The van der Waals surface area contributed by atoms with Crippen molar-refractivity contribution in [3.05, 3.63) is 92.7 Å². The number of carbonyl (C=O) groups excluding carboxylic acids is 2. The molecule has 6 heteroatoms. The summed E-state index contributed by atoms with van der Waals surface area (Å²) in [4.78, 5) is 26.8. The average molecular weight is 526 g/mol. The fraction of sp³-hybridized carbons (Fsp3) is 0.333. The van der Waals surface area contributed by atoms with Crippen molar-refractivity contribution < 1.29 is 14.3 Å². The van der Waals surface area contributed by atoms with Crippen molar-refractivity contribution in [3.8, 4) is 0 Å². The molecule has 0 bridgehead atoms. The second-order valence-corrected chi connectivity index (χ2v) is 10.6. The highest BCUT2D eigenvalue weighted by molar-refractivity contribution is 9.10. The van der Waals surface area contributed by atoms with Crippen molar-refractivity contribution in [2.45, 2.75) is 38.5 Å². The average Bonchev–Trinajstić information content (AvgIpc) is 2.82. The van der Waals surface area contributed by atoms with Gasteiger partial charge >= 0.3 is 5.97 Å². The lowest BCUT2D eigenvalue weighted by Gasteiger charge is -2.36. The predicted molar refractivity (Wildman–Crippen MR) is 137 cm³/mol. The predicted octanol–water partition coefficient (Wildman–Crippen LogP) is 6.11. The largest absolute Gasteiger partial charge is 0.461 e. The molecule has 0 radical (unpaired) electrons. The normalized spacial score (nSPS) is 20.4. The van der Waals surface area contributed by atoms with Gasteiger partial charge in [0.2, 0.25) is 0 Å². The van der Waals surface area contributed by atoms with E-state index in [9.17, 15) is 9.59 Å². The maximum Gasteiger partial charge on any atom is 0.336 e. The summed E-state index contributed by atoms with van der Waals surface area (Å²) in [5.41, 5.74) is 5.00. The molecule has 2 atom stereocenters. The Balaban J connectivity index is 1.70. The summed E-state index contributed by atoms with van der Waals surface area (Å²) in [6.07, 6.45) is 1.18. The Morgan fingerprint density at radius 1 is 1.09 bits per heavy atom. The minimum atomic E-state index is -0.426. The van der Waals surface area contributed by atoms with Crippen molar-refractivity contribution in [1.29, 1.82) is 0 Å². The minimum Gasteiger partial charge on any atom is -0.461 e. The first kappa shape index (κ1) is 23.8. The lowest BCUT2D eigenvalue weighted by Crippen LogP contribution is -2.36. The molecule has 2 aromatic carbocycles. The molecule has 0 saturated carbocycles. The Bertz CT molecular complexity index is 1090. The van der Waals surface area contributed by atoms with E-state index in [1.54, 1.807) is 11.8 Å². The topological polar surface area (TPSA) is 55.4 Å². The van der Waals surface area contributed by atoms with Crippen molar-refractivity contribution in [3.63, 3.8) is 0 Å². The third-order valence-electron chi connectivity index (χ3n) is 6.19. The molecule has 172 valence electrons. The summed E-state index contributed by atoms with van der Waals surface area (Å²) in [5, 5.41) is 3.42. The van der Waals surface area contributed by atoms with Crippen molar-refractivity contribution >= 4 is 39.4 Å². The van der Waals surface area contributed by atoms with E-state index in [1.807, 2.05) is 49.4 Å². The van der Waals surface area contributed by atoms with E-state index >= 15 is 0 Å². The number of ketones is 1. The molecular weight excluding hydrogens is 498 g/mol. The van der Waals surface area contributed by atoms with E-state index in [0.717, 1.165) is 39.4 Å². The molecule has 0 saturated heterocycles. The van der Waals surface area contributed by atoms with Crippen molar-refractivity contribution in [2.24, 2.45) is 0 Å². The van der Waals surface area contributed by atoms with E-state index < -0.39 is 5.92 Å². The first-order valence-electron chi connectivity index (χ1n) is 11.3. The molecule has 1 heterocycles. The molecular formula is C27H28BrNO3S. The number of hydrogen-bond acceptors (Lipinski definition) is 5. The molecule has 4 rings (SSSR count). The van der Waals surface area contributed by atoms with Crippen LogP contribution in [0.1, 0.15) is 49.7 Å². The Morgan fingerprint density at radius 2 is 1.82 bits per heavy atom. The van der Waals surface area contributed by atoms with Crippen LogP contribution in [0.3, 0.4) is 0 Å². The summed E-state index contributed by atoms with van der Waals surface area (Å²) in [5.74, 6) is 1.18. The lowest BCUT2D eigenvalue weighted by molar-refractivity contribution is -0.138. The zero-order valence-corrected chi connectivity index (χ0v) is 21.3. The van der Waals surface area contributed by atoms with Gasteiger partial charge in [0, 0.05) is 39.5 Å². The van der Waals surface area contributed by atoms with Crippen LogP contribution in [0.2, 0.25) is 0 Å². The van der Waals surface area contributed by atoms with Gasteiger partial charge in [0.15, 0.2) is 5.78 Å². The Morgan fingerprint density at radius 3 is 2.52 bits per heavy atom. The van der Waals surface area contributed by atoms with Crippen LogP contribution in [0.4, 0.5) is 0 Å². The van der Waals surface area contributed by atoms with Gasteiger partial charge in [0.1, 0.15) is 6.61 Å². The number of hydrogen-bond donors (Lipinski definition) is 1. The number of nitrogens with one attached hydrogen (secondary N) is 1. The first-order valence-corrected chi connectivity index (χ1v) is 13.2. The highest BCUT2D eigenvalue weighted by atomic mass is 79.9. The fourth-order valence-electron chi connectivity index (χ4n) is 4.67. The summed E-state index contributed by atoms with van der Waals surface area (Å²) >= 11 is 5.23. The lowest BCUT2D eigenvalue weighted by atomic mass is 9.72. The van der Waals surface area contributed by atoms with Gasteiger partial charge in [-0.1, -0.05) is 65.3 Å². The number of benzene rings is 2. The Labute approximate surface area is 208 Å². The molecule has 4 nitrogen and oxygen atoms in total. The number of Topliss-reactive ketones (excluding diaryl/α,β-unsaturated/α-hetero) is 1. The minimum absolute atomic E-state index is 0.0878. The second-order valence-electron chi connectivity index (χ2n) is 8.31. The maximum absolute atomic E-state index is 13.6.